The predicted molar refractivity (Wildman–Crippen MR) is 88.4 cm³/mol. The van der Waals surface area contributed by atoms with Crippen molar-refractivity contribution in [2.45, 2.75) is 6.92 Å². The summed E-state index contributed by atoms with van der Waals surface area (Å²) < 4.78 is 30.3. The lowest BCUT2D eigenvalue weighted by atomic mass is 10.1. The molecular formula is C17H9Cl2F2N3. The minimum Gasteiger partial charge on any atom is -0.283 e. The van der Waals surface area contributed by atoms with Crippen LogP contribution in [-0.4, -0.2) is 9.55 Å². The number of rotatable bonds is 2. The van der Waals surface area contributed by atoms with Crippen molar-refractivity contribution >= 4 is 23.2 Å². The number of aryl methyl sites for hydroxylation is 1. The van der Waals surface area contributed by atoms with Crippen molar-refractivity contribution in [2.75, 3.05) is 0 Å². The number of nitriles is 1. The summed E-state index contributed by atoms with van der Waals surface area (Å²) in [5.74, 6) is -1.72. The maximum atomic E-state index is 14.4. The zero-order valence-electron chi connectivity index (χ0n) is 12.3. The molecule has 3 rings (SSSR count). The van der Waals surface area contributed by atoms with Crippen LogP contribution in [0.4, 0.5) is 8.78 Å². The van der Waals surface area contributed by atoms with E-state index in [1.54, 1.807) is 37.3 Å². The monoisotopic (exact) mass is 363 g/mol. The van der Waals surface area contributed by atoms with E-state index in [1.165, 1.54) is 4.57 Å². The first-order valence-electron chi connectivity index (χ1n) is 6.82. The van der Waals surface area contributed by atoms with Gasteiger partial charge >= 0.3 is 0 Å². The van der Waals surface area contributed by atoms with Gasteiger partial charge in [-0.2, -0.15) is 5.26 Å². The SMILES string of the molecule is Cc1nc(Cl)n(-c2ccc(Cl)cc2)c1-c1c(F)cc(C#N)cc1F. The molecule has 0 saturated heterocycles. The molecule has 3 nitrogen and oxygen atoms in total. The first kappa shape index (κ1) is 16.4. The standard InChI is InChI=1S/C17H9Cl2F2N3/c1-9-16(15-13(20)6-10(8-22)7-14(15)21)24(17(19)23-9)12-4-2-11(18)3-5-12/h2-7H,1H3. The number of imidazole rings is 1. The molecule has 0 aliphatic carbocycles. The highest BCUT2D eigenvalue weighted by Crippen LogP contribution is 2.34. The van der Waals surface area contributed by atoms with Gasteiger partial charge in [-0.1, -0.05) is 11.6 Å². The van der Waals surface area contributed by atoms with E-state index in [4.69, 9.17) is 28.5 Å². The summed E-state index contributed by atoms with van der Waals surface area (Å²) in [5, 5.41) is 9.41. The molecule has 3 aromatic rings. The van der Waals surface area contributed by atoms with Gasteiger partial charge in [-0.05, 0) is 54.9 Å². The Hall–Kier alpha value is -2.42. The van der Waals surface area contributed by atoms with Gasteiger partial charge in [0.25, 0.3) is 0 Å². The summed E-state index contributed by atoms with van der Waals surface area (Å²) in [5.41, 5.74) is 0.707. The Morgan fingerprint density at radius 3 is 2.21 bits per heavy atom. The summed E-state index contributed by atoms with van der Waals surface area (Å²) in [6.07, 6.45) is 0. The summed E-state index contributed by atoms with van der Waals surface area (Å²) in [6, 6.07) is 10.3. The smallest absolute Gasteiger partial charge is 0.208 e. The molecule has 120 valence electrons. The highest BCUT2D eigenvalue weighted by Gasteiger charge is 2.23. The third-order valence-electron chi connectivity index (χ3n) is 3.50. The summed E-state index contributed by atoms with van der Waals surface area (Å²) in [6.45, 7) is 1.60. The van der Waals surface area contributed by atoms with E-state index in [-0.39, 0.29) is 22.1 Å². The van der Waals surface area contributed by atoms with E-state index < -0.39 is 11.6 Å². The van der Waals surface area contributed by atoms with Crippen molar-refractivity contribution in [2.24, 2.45) is 0 Å². The van der Waals surface area contributed by atoms with Crippen LogP contribution < -0.4 is 0 Å². The Morgan fingerprint density at radius 1 is 1.08 bits per heavy atom. The van der Waals surface area contributed by atoms with Crippen molar-refractivity contribution in [3.8, 4) is 23.0 Å². The lowest BCUT2D eigenvalue weighted by Crippen LogP contribution is -2.02. The highest BCUT2D eigenvalue weighted by atomic mass is 35.5. The average molecular weight is 364 g/mol. The van der Waals surface area contributed by atoms with Gasteiger partial charge < -0.3 is 0 Å². The predicted octanol–water partition coefficient (Wildman–Crippen LogP) is 5.30. The maximum Gasteiger partial charge on any atom is 0.208 e. The lowest BCUT2D eigenvalue weighted by Gasteiger charge is -2.12. The third kappa shape index (κ3) is 2.75. The maximum absolute atomic E-state index is 14.4. The summed E-state index contributed by atoms with van der Waals surface area (Å²) in [4.78, 5) is 4.11. The minimum absolute atomic E-state index is 0.0629. The molecule has 0 aliphatic rings. The third-order valence-corrected chi connectivity index (χ3v) is 4.01. The van der Waals surface area contributed by atoms with Gasteiger partial charge in [0, 0.05) is 10.7 Å². The van der Waals surface area contributed by atoms with Gasteiger partial charge in [0.15, 0.2) is 0 Å². The van der Waals surface area contributed by atoms with Crippen LogP contribution in [0.5, 0.6) is 0 Å². The molecule has 0 amide bonds. The lowest BCUT2D eigenvalue weighted by molar-refractivity contribution is 0.587. The van der Waals surface area contributed by atoms with Gasteiger partial charge in [0.1, 0.15) is 11.6 Å². The molecule has 0 N–H and O–H groups in total. The Bertz CT molecular complexity index is 950. The highest BCUT2D eigenvalue weighted by molar-refractivity contribution is 6.30. The molecular weight excluding hydrogens is 355 g/mol. The van der Waals surface area contributed by atoms with Crippen LogP contribution in [0.3, 0.4) is 0 Å². The number of benzene rings is 2. The number of hydrogen-bond donors (Lipinski definition) is 0. The molecule has 0 unspecified atom stereocenters. The van der Waals surface area contributed by atoms with Gasteiger partial charge in [-0.3, -0.25) is 4.57 Å². The van der Waals surface area contributed by atoms with Gasteiger partial charge in [-0.15, -0.1) is 0 Å². The van der Waals surface area contributed by atoms with Crippen molar-refractivity contribution < 1.29 is 8.78 Å². The zero-order chi connectivity index (χ0) is 17.4. The van der Waals surface area contributed by atoms with Gasteiger partial charge in [-0.25, -0.2) is 13.8 Å². The number of nitrogens with zero attached hydrogens (tertiary/aromatic N) is 3. The Balaban J connectivity index is 2.31. The van der Waals surface area contributed by atoms with E-state index in [1.807, 2.05) is 0 Å². The van der Waals surface area contributed by atoms with E-state index in [0.29, 0.717) is 16.4 Å². The number of aromatic nitrogens is 2. The second-order valence-corrected chi connectivity index (χ2v) is 5.83. The normalized spacial score (nSPS) is 10.7. The van der Waals surface area contributed by atoms with E-state index in [9.17, 15) is 8.78 Å². The van der Waals surface area contributed by atoms with Crippen LogP contribution in [0.25, 0.3) is 16.9 Å². The second kappa shape index (κ2) is 6.23. The van der Waals surface area contributed by atoms with Crippen molar-refractivity contribution in [1.82, 2.24) is 9.55 Å². The van der Waals surface area contributed by atoms with Crippen LogP contribution in [0.2, 0.25) is 10.3 Å². The van der Waals surface area contributed by atoms with Gasteiger partial charge in [0.05, 0.1) is 28.6 Å². The largest absolute Gasteiger partial charge is 0.283 e. The van der Waals surface area contributed by atoms with E-state index >= 15 is 0 Å². The van der Waals surface area contributed by atoms with E-state index in [2.05, 4.69) is 4.98 Å². The summed E-state index contributed by atoms with van der Waals surface area (Å²) >= 11 is 12.0. The summed E-state index contributed by atoms with van der Waals surface area (Å²) in [7, 11) is 0. The molecule has 7 heteroatoms. The fourth-order valence-electron chi connectivity index (χ4n) is 2.48. The van der Waals surface area contributed by atoms with Crippen LogP contribution in [0, 0.1) is 29.9 Å². The fourth-order valence-corrected chi connectivity index (χ4v) is 2.91. The van der Waals surface area contributed by atoms with Gasteiger partial charge in [0.2, 0.25) is 5.28 Å². The number of hydrogen-bond acceptors (Lipinski definition) is 2. The van der Waals surface area contributed by atoms with Crippen molar-refractivity contribution in [1.29, 1.82) is 5.26 Å². The minimum atomic E-state index is -0.860. The molecule has 0 spiro atoms. The first-order chi connectivity index (χ1) is 11.4. The van der Waals surface area contributed by atoms with Crippen LogP contribution in [0.1, 0.15) is 11.3 Å². The van der Waals surface area contributed by atoms with Crippen molar-refractivity contribution in [3.63, 3.8) is 0 Å². The molecule has 0 saturated carbocycles. The molecule has 1 heterocycles. The van der Waals surface area contributed by atoms with Crippen LogP contribution >= 0.6 is 23.2 Å². The molecule has 2 aromatic carbocycles. The molecule has 1 aromatic heterocycles. The van der Waals surface area contributed by atoms with Crippen LogP contribution in [-0.2, 0) is 0 Å². The molecule has 0 atom stereocenters. The quantitative estimate of drug-likeness (QED) is 0.619. The fraction of sp³-hybridized carbons (Fsp3) is 0.0588. The number of halogens is 4. The van der Waals surface area contributed by atoms with Crippen LogP contribution in [0.15, 0.2) is 36.4 Å². The first-order valence-corrected chi connectivity index (χ1v) is 7.58. The Kier molecular flexibility index (Phi) is 4.27. The molecule has 0 bridgehead atoms. The average Bonchev–Trinajstić information content (AvgIpc) is 2.82. The topological polar surface area (TPSA) is 41.6 Å². The molecule has 0 fully saturated rings. The Morgan fingerprint density at radius 2 is 1.67 bits per heavy atom. The van der Waals surface area contributed by atoms with E-state index in [0.717, 1.165) is 12.1 Å². The molecule has 0 radical (unpaired) electrons. The zero-order valence-corrected chi connectivity index (χ0v) is 13.8. The Labute approximate surface area is 146 Å². The molecule has 24 heavy (non-hydrogen) atoms. The van der Waals surface area contributed by atoms with Crippen molar-refractivity contribution in [3.05, 3.63) is 69.6 Å². The second-order valence-electron chi connectivity index (χ2n) is 5.05. The molecule has 0 aliphatic heterocycles.